The van der Waals surface area contributed by atoms with Gasteiger partial charge in [0.25, 0.3) is 0 Å². The van der Waals surface area contributed by atoms with E-state index in [1.165, 1.54) is 0 Å². The van der Waals surface area contributed by atoms with Crippen LogP contribution < -0.4 is 0 Å². The van der Waals surface area contributed by atoms with Gasteiger partial charge in [-0.2, -0.15) is 0 Å². The third-order valence-electron chi connectivity index (χ3n) is 0.422. The molecule has 0 unspecified atom stereocenters. The number of hydrogen-bond acceptors (Lipinski definition) is 6. The maximum Gasteiger partial charge on any atom is 0.0852 e. The number of hydrogen-bond donors (Lipinski definition) is 1. The van der Waals surface area contributed by atoms with Gasteiger partial charge in [-0.05, 0) is 26.6 Å². The molecule has 6 heteroatoms. The second-order valence-corrected chi connectivity index (χ2v) is 1.10. The molecule has 0 aliphatic carbocycles. The normalized spacial score (nSPS) is 10.0. The van der Waals surface area contributed by atoms with Crippen LogP contribution in [0.1, 0.15) is 13.3 Å². The van der Waals surface area contributed by atoms with Gasteiger partial charge < -0.3 is 0 Å². The fourth-order valence-electron chi connectivity index (χ4n) is 0.161. The minimum absolute atomic E-state index is 0.370. The third-order valence-corrected chi connectivity index (χ3v) is 0.422. The molecule has 0 saturated heterocycles. The van der Waals surface area contributed by atoms with Crippen molar-refractivity contribution < 1.29 is 30.3 Å². The topological polar surface area (TPSA) is 66.4 Å². The zero-order valence-corrected chi connectivity index (χ0v) is 4.90. The molecular formula is C3H8O6. The highest BCUT2D eigenvalue weighted by molar-refractivity contribution is 4.13. The van der Waals surface area contributed by atoms with Crippen LogP contribution in [0.3, 0.4) is 0 Å². The summed E-state index contributed by atoms with van der Waals surface area (Å²) in [6, 6.07) is 0. The lowest BCUT2D eigenvalue weighted by atomic mass is 10.5. The lowest BCUT2D eigenvalue weighted by Gasteiger charge is -1.95. The third kappa shape index (κ3) is 7.76. The van der Waals surface area contributed by atoms with Crippen LogP contribution in [0, 0.1) is 0 Å². The summed E-state index contributed by atoms with van der Waals surface area (Å²) in [7, 11) is 0. The first kappa shape index (κ1) is 8.76. The maximum atomic E-state index is 7.44. The van der Waals surface area contributed by atoms with Crippen molar-refractivity contribution in [3.05, 3.63) is 0 Å². The van der Waals surface area contributed by atoms with Gasteiger partial charge in [-0.15, -0.1) is 0 Å². The Kier molecular flexibility index (Phi) is 7.55. The predicted molar refractivity (Wildman–Crippen MR) is 23.2 cm³/mol. The molecule has 0 aromatic rings. The molecule has 0 aliphatic rings. The van der Waals surface area contributed by atoms with E-state index in [9.17, 15) is 0 Å². The van der Waals surface area contributed by atoms with E-state index in [-0.39, 0.29) is 0 Å². The molecule has 0 amide bonds. The molecule has 0 aliphatic heterocycles. The Morgan fingerprint density at radius 3 is 2.56 bits per heavy atom. The molecule has 56 valence electrons. The van der Waals surface area contributed by atoms with Gasteiger partial charge in [-0.25, -0.2) is 10.1 Å². The van der Waals surface area contributed by atoms with Crippen molar-refractivity contribution in [3.63, 3.8) is 0 Å². The van der Waals surface area contributed by atoms with E-state index in [0.717, 1.165) is 6.42 Å². The van der Waals surface area contributed by atoms with Crippen LogP contribution in [0.2, 0.25) is 0 Å². The number of rotatable bonds is 6. The Labute approximate surface area is 51.5 Å². The van der Waals surface area contributed by atoms with Crippen molar-refractivity contribution in [2.45, 2.75) is 13.3 Å². The van der Waals surface area contributed by atoms with E-state index in [1.54, 1.807) is 0 Å². The van der Waals surface area contributed by atoms with Gasteiger partial charge in [0.2, 0.25) is 0 Å². The molecule has 6 nitrogen and oxygen atoms in total. The van der Waals surface area contributed by atoms with Crippen molar-refractivity contribution in [2.24, 2.45) is 0 Å². The van der Waals surface area contributed by atoms with Gasteiger partial charge in [0.05, 0.1) is 6.61 Å². The van der Waals surface area contributed by atoms with Gasteiger partial charge in [0.15, 0.2) is 0 Å². The molecule has 1 N–H and O–H groups in total. The van der Waals surface area contributed by atoms with Gasteiger partial charge in [-0.3, -0.25) is 0 Å². The second kappa shape index (κ2) is 7.76. The van der Waals surface area contributed by atoms with E-state index < -0.39 is 0 Å². The summed E-state index contributed by atoms with van der Waals surface area (Å²) in [6.07, 6.45) is 0.781. The van der Waals surface area contributed by atoms with E-state index in [2.05, 4.69) is 25.0 Å². The lowest BCUT2D eigenvalue weighted by Crippen LogP contribution is -1.98. The highest BCUT2D eigenvalue weighted by Gasteiger charge is 1.87. The SMILES string of the molecule is CCCOOOOOO. The Morgan fingerprint density at radius 1 is 1.22 bits per heavy atom. The highest BCUT2D eigenvalue weighted by atomic mass is 17.8. The van der Waals surface area contributed by atoms with Crippen LogP contribution in [-0.2, 0) is 25.0 Å². The van der Waals surface area contributed by atoms with Crippen LogP contribution in [0.15, 0.2) is 0 Å². The van der Waals surface area contributed by atoms with Crippen LogP contribution in [0.4, 0.5) is 0 Å². The molecule has 0 saturated carbocycles. The standard InChI is InChI=1S/C3H8O6/c1-2-3-5-7-9-8-6-4/h4H,2-3H2,1H3. The molecule has 0 aromatic carbocycles. The molecule has 0 heterocycles. The molecule has 0 atom stereocenters. The smallest absolute Gasteiger partial charge is 0.0852 e. The Bertz CT molecular complexity index is 41.6. The zero-order chi connectivity index (χ0) is 6.95. The average molecular weight is 140 g/mol. The van der Waals surface area contributed by atoms with Crippen LogP contribution in [0.5, 0.6) is 0 Å². The summed E-state index contributed by atoms with van der Waals surface area (Å²) in [5.74, 6) is 0. The second-order valence-electron chi connectivity index (χ2n) is 1.10. The van der Waals surface area contributed by atoms with Crippen LogP contribution in [-0.4, -0.2) is 11.9 Å². The largest absolute Gasteiger partial charge is 0.219 e. The van der Waals surface area contributed by atoms with Crippen molar-refractivity contribution in [3.8, 4) is 0 Å². The van der Waals surface area contributed by atoms with Crippen molar-refractivity contribution >= 4 is 0 Å². The summed E-state index contributed by atoms with van der Waals surface area (Å²) >= 11 is 0. The quantitative estimate of drug-likeness (QED) is 0.331. The summed E-state index contributed by atoms with van der Waals surface area (Å²) < 4.78 is 0. The molecule has 0 spiro atoms. The molecule has 9 heavy (non-hydrogen) atoms. The van der Waals surface area contributed by atoms with Gasteiger partial charge >= 0.3 is 0 Å². The van der Waals surface area contributed by atoms with Gasteiger partial charge in [-0.1, -0.05) is 6.92 Å². The Morgan fingerprint density at radius 2 is 2.00 bits per heavy atom. The minimum atomic E-state index is 0.370. The van der Waals surface area contributed by atoms with Crippen LogP contribution >= 0.6 is 0 Å². The Balaban J connectivity index is 2.60. The summed E-state index contributed by atoms with van der Waals surface area (Å²) in [5, 5.41) is 21.2. The lowest BCUT2D eigenvalue weighted by molar-refractivity contribution is -0.753. The monoisotopic (exact) mass is 140 g/mol. The van der Waals surface area contributed by atoms with E-state index in [4.69, 9.17) is 5.26 Å². The zero-order valence-electron chi connectivity index (χ0n) is 4.90. The average Bonchev–Trinajstić information content (AvgIpc) is 1.89. The van der Waals surface area contributed by atoms with E-state index in [1.807, 2.05) is 6.92 Å². The molecule has 0 aromatic heterocycles. The van der Waals surface area contributed by atoms with Gasteiger partial charge in [0.1, 0.15) is 0 Å². The first-order valence-corrected chi connectivity index (χ1v) is 2.35. The Hall–Kier alpha value is -0.240. The molecular weight excluding hydrogens is 132 g/mol. The van der Waals surface area contributed by atoms with Crippen molar-refractivity contribution in [1.29, 1.82) is 0 Å². The molecule has 0 rings (SSSR count). The molecule has 0 bridgehead atoms. The van der Waals surface area contributed by atoms with Crippen molar-refractivity contribution in [1.82, 2.24) is 0 Å². The predicted octanol–water partition coefficient (Wildman–Crippen LogP) is 0.612. The first-order chi connectivity index (χ1) is 4.41. The molecule has 0 radical (unpaired) electrons. The van der Waals surface area contributed by atoms with Crippen molar-refractivity contribution in [2.75, 3.05) is 6.61 Å². The summed E-state index contributed by atoms with van der Waals surface area (Å²) in [5.41, 5.74) is 0. The summed E-state index contributed by atoms with van der Waals surface area (Å²) in [4.78, 5) is 4.25. The van der Waals surface area contributed by atoms with E-state index in [0.29, 0.717) is 6.61 Å². The van der Waals surface area contributed by atoms with Gasteiger partial charge in [0, 0.05) is 0 Å². The highest BCUT2D eigenvalue weighted by Crippen LogP contribution is 1.84. The minimum Gasteiger partial charge on any atom is -0.219 e. The fraction of sp³-hybridized carbons (Fsp3) is 1.00. The maximum absolute atomic E-state index is 7.44. The first-order valence-electron chi connectivity index (χ1n) is 2.35. The molecule has 0 fully saturated rings. The fourth-order valence-corrected chi connectivity index (χ4v) is 0.161. The summed E-state index contributed by atoms with van der Waals surface area (Å²) in [6.45, 7) is 2.25. The van der Waals surface area contributed by atoms with E-state index >= 15 is 0 Å². The van der Waals surface area contributed by atoms with Crippen LogP contribution in [0.25, 0.3) is 0 Å².